The maximum atomic E-state index is 13.0. The quantitative estimate of drug-likeness (QED) is 0.128. The Morgan fingerprint density at radius 3 is 2.36 bits per heavy atom. The molecule has 0 saturated heterocycles. The number of thiazole rings is 1. The minimum absolute atomic E-state index is 0.0419. The van der Waals surface area contributed by atoms with Crippen molar-refractivity contribution in [2.45, 2.75) is 23.5 Å². The number of aromatic nitrogens is 1. The van der Waals surface area contributed by atoms with Crippen molar-refractivity contribution in [3.8, 4) is 11.3 Å². The molecule has 1 atom stereocenters. The van der Waals surface area contributed by atoms with Gasteiger partial charge in [-0.3, -0.25) is 29.8 Å². The fraction of sp³-hybridized carbons (Fsp3) is 0.115. The summed E-state index contributed by atoms with van der Waals surface area (Å²) in [7, 11) is 0. The molecule has 1 unspecified atom stereocenters. The van der Waals surface area contributed by atoms with Gasteiger partial charge in [0.1, 0.15) is 0 Å². The standard InChI is InChI=1S/C26H21N5O6S2/c1-2-23(25(33)29-26-28-22(15-38-26)17-5-3-7-20(13-17)31(36)37)39-21-8-4-6-18(14-21)27-24(32)16-9-11-19(12-10-16)30(34)35/h3-15,23H,2H2,1H3,(H,27,32)(H,28,29,33). The molecule has 4 aromatic rings. The number of rotatable bonds is 10. The van der Waals surface area contributed by atoms with Crippen molar-refractivity contribution < 1.29 is 19.4 Å². The van der Waals surface area contributed by atoms with Crippen LogP contribution in [-0.2, 0) is 4.79 Å². The van der Waals surface area contributed by atoms with Crippen LogP contribution in [0.15, 0.2) is 83.1 Å². The number of thioether (sulfide) groups is 1. The molecule has 1 aromatic heterocycles. The lowest BCUT2D eigenvalue weighted by Crippen LogP contribution is -2.24. The summed E-state index contributed by atoms with van der Waals surface area (Å²) in [6, 6.07) is 18.4. The zero-order valence-electron chi connectivity index (χ0n) is 20.4. The van der Waals surface area contributed by atoms with Crippen molar-refractivity contribution in [2.75, 3.05) is 10.6 Å². The molecular weight excluding hydrogens is 542 g/mol. The molecule has 198 valence electrons. The van der Waals surface area contributed by atoms with Gasteiger partial charge in [0.25, 0.3) is 17.3 Å². The van der Waals surface area contributed by atoms with E-state index in [0.717, 1.165) is 4.90 Å². The zero-order chi connectivity index (χ0) is 27.9. The van der Waals surface area contributed by atoms with E-state index >= 15 is 0 Å². The molecule has 2 N–H and O–H groups in total. The van der Waals surface area contributed by atoms with Crippen LogP contribution in [-0.4, -0.2) is 31.9 Å². The van der Waals surface area contributed by atoms with E-state index in [1.807, 2.05) is 13.0 Å². The van der Waals surface area contributed by atoms with Crippen LogP contribution in [0.4, 0.5) is 22.2 Å². The smallest absolute Gasteiger partial charge is 0.270 e. The van der Waals surface area contributed by atoms with Crippen molar-refractivity contribution in [3.63, 3.8) is 0 Å². The highest BCUT2D eigenvalue weighted by molar-refractivity contribution is 8.00. The van der Waals surface area contributed by atoms with Gasteiger partial charge in [-0.15, -0.1) is 23.1 Å². The Bertz CT molecular complexity index is 1540. The fourth-order valence-electron chi connectivity index (χ4n) is 3.50. The molecule has 0 aliphatic heterocycles. The van der Waals surface area contributed by atoms with Crippen LogP contribution in [0.3, 0.4) is 0 Å². The third-order valence-corrected chi connectivity index (χ3v) is 7.58. The SMILES string of the molecule is CCC(Sc1cccc(NC(=O)c2ccc([N+](=O)[O-])cc2)c1)C(=O)Nc1nc(-c2cccc([N+](=O)[O-])c2)cs1. The van der Waals surface area contributed by atoms with Gasteiger partial charge in [-0.05, 0) is 36.8 Å². The number of non-ortho nitro benzene ring substituents is 2. The average molecular weight is 564 g/mol. The first-order valence-electron chi connectivity index (χ1n) is 11.6. The Labute approximate surface area is 230 Å². The molecule has 0 aliphatic carbocycles. The number of carbonyl (C=O) groups excluding carboxylic acids is 2. The number of hydrogen-bond donors (Lipinski definition) is 2. The Hall–Kier alpha value is -4.62. The molecule has 0 aliphatic rings. The van der Waals surface area contributed by atoms with E-state index in [9.17, 15) is 29.8 Å². The molecule has 39 heavy (non-hydrogen) atoms. The first-order chi connectivity index (χ1) is 18.7. The monoisotopic (exact) mass is 563 g/mol. The lowest BCUT2D eigenvalue weighted by atomic mass is 10.1. The van der Waals surface area contributed by atoms with Gasteiger partial charge in [0.15, 0.2) is 5.13 Å². The first-order valence-corrected chi connectivity index (χ1v) is 13.3. The number of amides is 2. The minimum atomic E-state index is -0.534. The summed E-state index contributed by atoms with van der Waals surface area (Å²) < 4.78 is 0. The number of carbonyl (C=O) groups is 2. The van der Waals surface area contributed by atoms with Gasteiger partial charge in [-0.2, -0.15) is 0 Å². The highest BCUT2D eigenvalue weighted by atomic mass is 32.2. The van der Waals surface area contributed by atoms with Crippen molar-refractivity contribution >= 4 is 57.1 Å². The molecule has 0 spiro atoms. The molecule has 0 fully saturated rings. The molecule has 4 rings (SSSR count). The molecule has 11 nitrogen and oxygen atoms in total. The average Bonchev–Trinajstić information content (AvgIpc) is 3.40. The van der Waals surface area contributed by atoms with Crippen LogP contribution in [0, 0.1) is 20.2 Å². The van der Waals surface area contributed by atoms with Crippen LogP contribution in [0.2, 0.25) is 0 Å². The van der Waals surface area contributed by atoms with Crippen LogP contribution in [0.25, 0.3) is 11.3 Å². The summed E-state index contributed by atoms with van der Waals surface area (Å²) in [5.74, 6) is -0.664. The van der Waals surface area contributed by atoms with Crippen LogP contribution >= 0.6 is 23.1 Å². The van der Waals surface area contributed by atoms with E-state index in [-0.39, 0.29) is 22.8 Å². The Morgan fingerprint density at radius 1 is 0.949 bits per heavy atom. The van der Waals surface area contributed by atoms with Gasteiger partial charge in [0.05, 0.1) is 20.8 Å². The van der Waals surface area contributed by atoms with Crippen LogP contribution in [0.1, 0.15) is 23.7 Å². The van der Waals surface area contributed by atoms with Crippen molar-refractivity contribution in [3.05, 3.63) is 104 Å². The summed E-state index contributed by atoms with van der Waals surface area (Å²) in [4.78, 5) is 51.6. The summed E-state index contributed by atoms with van der Waals surface area (Å²) in [6.45, 7) is 1.88. The molecule has 0 saturated carbocycles. The second-order valence-electron chi connectivity index (χ2n) is 8.14. The highest BCUT2D eigenvalue weighted by Gasteiger charge is 2.20. The fourth-order valence-corrected chi connectivity index (χ4v) is 5.24. The Balaban J connectivity index is 1.39. The van der Waals surface area contributed by atoms with Gasteiger partial charge < -0.3 is 10.6 Å². The molecule has 1 heterocycles. The lowest BCUT2D eigenvalue weighted by molar-refractivity contribution is -0.385. The summed E-state index contributed by atoms with van der Waals surface area (Å²) in [5.41, 5.74) is 1.75. The molecule has 0 radical (unpaired) electrons. The summed E-state index contributed by atoms with van der Waals surface area (Å²) >= 11 is 2.55. The molecule has 3 aromatic carbocycles. The number of nitrogens with one attached hydrogen (secondary N) is 2. The van der Waals surface area contributed by atoms with E-state index in [2.05, 4.69) is 15.6 Å². The minimum Gasteiger partial charge on any atom is -0.322 e. The van der Waals surface area contributed by atoms with Crippen molar-refractivity contribution in [2.24, 2.45) is 0 Å². The van der Waals surface area contributed by atoms with Gasteiger partial charge in [-0.1, -0.05) is 25.1 Å². The van der Waals surface area contributed by atoms with Gasteiger partial charge in [-0.25, -0.2) is 4.98 Å². The van der Waals surface area contributed by atoms with Gasteiger partial charge in [0.2, 0.25) is 5.91 Å². The second-order valence-corrected chi connectivity index (χ2v) is 10.3. The number of anilines is 2. The van der Waals surface area contributed by atoms with Gasteiger partial charge >= 0.3 is 0 Å². The summed E-state index contributed by atoms with van der Waals surface area (Å²) in [5, 5.41) is 29.1. The largest absolute Gasteiger partial charge is 0.322 e. The number of benzene rings is 3. The van der Waals surface area contributed by atoms with Crippen LogP contribution < -0.4 is 10.6 Å². The van der Waals surface area contributed by atoms with E-state index in [4.69, 9.17) is 0 Å². The predicted molar refractivity (Wildman–Crippen MR) is 150 cm³/mol. The van der Waals surface area contributed by atoms with Crippen molar-refractivity contribution in [1.82, 2.24) is 4.98 Å². The highest BCUT2D eigenvalue weighted by Crippen LogP contribution is 2.31. The van der Waals surface area contributed by atoms with E-state index in [0.29, 0.717) is 28.5 Å². The number of nitrogens with zero attached hydrogens (tertiary/aromatic N) is 3. The molecular formula is C26H21N5O6S2. The van der Waals surface area contributed by atoms with Crippen LogP contribution in [0.5, 0.6) is 0 Å². The molecule has 13 heteroatoms. The van der Waals surface area contributed by atoms with Gasteiger partial charge in [0, 0.05) is 51.4 Å². The normalized spacial score (nSPS) is 11.4. The van der Waals surface area contributed by atoms with E-state index in [1.54, 1.807) is 35.7 Å². The first kappa shape index (κ1) is 27.4. The summed E-state index contributed by atoms with van der Waals surface area (Å²) in [6.07, 6.45) is 0.527. The lowest BCUT2D eigenvalue weighted by Gasteiger charge is -2.14. The maximum absolute atomic E-state index is 13.0. The second kappa shape index (κ2) is 12.3. The predicted octanol–water partition coefficient (Wildman–Crippen LogP) is 6.39. The molecule has 2 amide bonds. The maximum Gasteiger partial charge on any atom is 0.270 e. The zero-order valence-corrected chi connectivity index (χ0v) is 22.0. The Morgan fingerprint density at radius 2 is 1.67 bits per heavy atom. The number of nitro groups is 2. The van der Waals surface area contributed by atoms with Crippen molar-refractivity contribution in [1.29, 1.82) is 0 Å². The van der Waals surface area contributed by atoms with E-state index < -0.39 is 21.0 Å². The Kier molecular flexibility index (Phi) is 8.63. The topological polar surface area (TPSA) is 157 Å². The van der Waals surface area contributed by atoms with E-state index in [1.165, 1.54) is 59.5 Å². The third-order valence-electron chi connectivity index (χ3n) is 5.46. The number of hydrogen-bond acceptors (Lipinski definition) is 9. The number of nitro benzene ring substituents is 2. The third kappa shape index (κ3) is 7.03. The molecule has 0 bridgehead atoms.